The van der Waals surface area contributed by atoms with Crippen LogP contribution < -0.4 is 0 Å². The van der Waals surface area contributed by atoms with Gasteiger partial charge in [-0.15, -0.1) is 0 Å². The molecule has 0 spiro atoms. The van der Waals surface area contributed by atoms with E-state index in [-0.39, 0.29) is 40.5 Å². The summed E-state index contributed by atoms with van der Waals surface area (Å²) in [5, 5.41) is 23.4. The standard InChI is InChI=1S/C27H44O5/c1-6-17-20-13-16(28)11-12-26(20,3)24-21(29)14-27(4)18(15(2)7-10-22(30)32-5)8-9-19(27)23(24)25(17)31/h15,17-21,23-25,29,31H,6-14H2,1-5H3/t15-,17-,18-,19+,20+,21+,23+,24+,25-,26+,27-/m1/s1. The van der Waals surface area contributed by atoms with E-state index >= 15 is 0 Å². The van der Waals surface area contributed by atoms with Gasteiger partial charge in [-0.3, -0.25) is 9.59 Å². The number of ether oxygens (including phenoxy) is 1. The summed E-state index contributed by atoms with van der Waals surface area (Å²) in [7, 11) is 1.44. The SMILES string of the molecule is CC[C@H]1[C@@H](O)[C@@H]2[C@H]([C@@H](O)C[C@]3(C)[C@@H]([C@H](C)CCC(=O)OC)CC[C@@H]23)[C@@]2(C)CCC(=O)C[C@@H]12. The van der Waals surface area contributed by atoms with Gasteiger partial charge in [-0.2, -0.15) is 0 Å². The fraction of sp³-hybridized carbons (Fsp3) is 0.926. The molecule has 0 aromatic heterocycles. The van der Waals surface area contributed by atoms with Gasteiger partial charge in [0.25, 0.3) is 0 Å². The molecule has 0 aromatic rings. The predicted molar refractivity (Wildman–Crippen MR) is 123 cm³/mol. The number of aliphatic hydroxyl groups excluding tert-OH is 2. The Bertz CT molecular complexity index is 736. The highest BCUT2D eigenvalue weighted by Gasteiger charge is 2.67. The van der Waals surface area contributed by atoms with Crippen molar-refractivity contribution < 1.29 is 24.5 Å². The third-order valence-corrected chi connectivity index (χ3v) is 11.0. The first-order valence-corrected chi connectivity index (χ1v) is 13.0. The van der Waals surface area contributed by atoms with Crippen molar-refractivity contribution in [3.8, 4) is 0 Å². The number of esters is 1. The average Bonchev–Trinajstić information content (AvgIpc) is 3.09. The monoisotopic (exact) mass is 448 g/mol. The number of fused-ring (bicyclic) bond motifs is 5. The molecule has 4 aliphatic rings. The van der Waals surface area contributed by atoms with E-state index < -0.39 is 12.2 Å². The quantitative estimate of drug-likeness (QED) is 0.610. The van der Waals surface area contributed by atoms with Crippen molar-refractivity contribution in [3.63, 3.8) is 0 Å². The predicted octanol–water partition coefficient (Wildman–Crippen LogP) is 4.38. The molecule has 5 heteroatoms. The van der Waals surface area contributed by atoms with E-state index in [2.05, 4.69) is 27.7 Å². The van der Waals surface area contributed by atoms with Gasteiger partial charge in [0.05, 0.1) is 19.3 Å². The van der Waals surface area contributed by atoms with Gasteiger partial charge in [0.1, 0.15) is 5.78 Å². The Kier molecular flexibility index (Phi) is 6.57. The summed E-state index contributed by atoms with van der Waals surface area (Å²) in [5.74, 6) is 1.87. The fourth-order valence-electron chi connectivity index (χ4n) is 9.50. The molecule has 0 radical (unpaired) electrons. The third kappa shape index (κ3) is 3.57. The molecule has 0 aliphatic heterocycles. The summed E-state index contributed by atoms with van der Waals surface area (Å²) in [6.07, 6.45) is 6.24. The molecular weight excluding hydrogens is 404 g/mol. The second-order valence-electron chi connectivity index (χ2n) is 12.2. The normalized spacial score (nSPS) is 49.0. The number of carbonyl (C=O) groups is 2. The number of hydrogen-bond donors (Lipinski definition) is 2. The zero-order valence-electron chi connectivity index (χ0n) is 20.7. The molecule has 182 valence electrons. The van der Waals surface area contributed by atoms with Crippen LogP contribution in [-0.4, -0.2) is 41.3 Å². The lowest BCUT2D eigenvalue weighted by Gasteiger charge is -2.65. The highest BCUT2D eigenvalue weighted by molar-refractivity contribution is 5.79. The van der Waals surface area contributed by atoms with Gasteiger partial charge in [-0.05, 0) is 84.4 Å². The lowest BCUT2D eigenvalue weighted by atomic mass is 9.41. The van der Waals surface area contributed by atoms with Crippen LogP contribution in [0.4, 0.5) is 0 Å². The fourth-order valence-corrected chi connectivity index (χ4v) is 9.50. The number of methoxy groups -OCH3 is 1. The van der Waals surface area contributed by atoms with Crippen LogP contribution in [0.3, 0.4) is 0 Å². The van der Waals surface area contributed by atoms with Crippen molar-refractivity contribution >= 4 is 11.8 Å². The van der Waals surface area contributed by atoms with E-state index in [4.69, 9.17) is 4.74 Å². The maximum Gasteiger partial charge on any atom is 0.305 e. The summed E-state index contributed by atoms with van der Waals surface area (Å²) in [6, 6.07) is 0. The van der Waals surface area contributed by atoms with Crippen LogP contribution in [0.1, 0.15) is 85.5 Å². The number of hydrogen-bond acceptors (Lipinski definition) is 5. The minimum atomic E-state index is -0.447. The van der Waals surface area contributed by atoms with Gasteiger partial charge in [0.2, 0.25) is 0 Å². The first kappa shape index (κ1) is 24.2. The van der Waals surface area contributed by atoms with Gasteiger partial charge < -0.3 is 14.9 Å². The molecule has 0 heterocycles. The summed E-state index contributed by atoms with van der Waals surface area (Å²) >= 11 is 0. The van der Waals surface area contributed by atoms with Gasteiger partial charge >= 0.3 is 5.97 Å². The lowest BCUT2D eigenvalue weighted by Crippen LogP contribution is -2.65. The topological polar surface area (TPSA) is 83.8 Å². The van der Waals surface area contributed by atoms with Crippen molar-refractivity contribution in [2.75, 3.05) is 7.11 Å². The zero-order valence-corrected chi connectivity index (χ0v) is 20.7. The van der Waals surface area contributed by atoms with Crippen LogP contribution in [0.25, 0.3) is 0 Å². The maximum absolute atomic E-state index is 12.4. The Labute approximate surface area is 193 Å². The number of ketones is 1. The Morgan fingerprint density at radius 3 is 2.56 bits per heavy atom. The van der Waals surface area contributed by atoms with Crippen LogP contribution in [0, 0.1) is 52.3 Å². The summed E-state index contributed by atoms with van der Waals surface area (Å²) in [4.78, 5) is 24.1. The second-order valence-corrected chi connectivity index (χ2v) is 12.2. The average molecular weight is 449 g/mol. The molecule has 4 saturated carbocycles. The molecule has 4 aliphatic carbocycles. The molecular formula is C27H44O5. The summed E-state index contributed by atoms with van der Waals surface area (Å²) in [5.41, 5.74) is -0.100. The Hall–Kier alpha value is -0.940. The van der Waals surface area contributed by atoms with Crippen molar-refractivity contribution in [2.45, 2.75) is 97.7 Å². The molecule has 2 N–H and O–H groups in total. The maximum atomic E-state index is 12.4. The molecule has 0 bridgehead atoms. The third-order valence-electron chi connectivity index (χ3n) is 11.0. The minimum Gasteiger partial charge on any atom is -0.469 e. The van der Waals surface area contributed by atoms with Crippen molar-refractivity contribution in [3.05, 3.63) is 0 Å². The number of aliphatic hydroxyl groups is 2. The molecule has 32 heavy (non-hydrogen) atoms. The van der Waals surface area contributed by atoms with Crippen LogP contribution in [0.15, 0.2) is 0 Å². The second kappa shape index (κ2) is 8.69. The first-order valence-electron chi connectivity index (χ1n) is 13.0. The molecule has 4 rings (SSSR count). The van der Waals surface area contributed by atoms with Crippen molar-refractivity contribution in [1.82, 2.24) is 0 Å². The first-order chi connectivity index (χ1) is 15.1. The Balaban J connectivity index is 1.64. The van der Waals surface area contributed by atoms with Gasteiger partial charge in [0, 0.05) is 19.3 Å². The molecule has 0 saturated heterocycles. The van der Waals surface area contributed by atoms with Gasteiger partial charge in [0.15, 0.2) is 0 Å². The smallest absolute Gasteiger partial charge is 0.305 e. The largest absolute Gasteiger partial charge is 0.469 e. The van der Waals surface area contributed by atoms with E-state index in [0.29, 0.717) is 42.8 Å². The van der Waals surface area contributed by atoms with Crippen LogP contribution in [0.5, 0.6) is 0 Å². The van der Waals surface area contributed by atoms with E-state index in [1.54, 1.807) is 0 Å². The minimum absolute atomic E-state index is 0.0247. The van der Waals surface area contributed by atoms with Crippen LogP contribution in [0.2, 0.25) is 0 Å². The molecule has 0 unspecified atom stereocenters. The van der Waals surface area contributed by atoms with E-state index in [0.717, 1.165) is 38.5 Å². The number of carbonyl (C=O) groups excluding carboxylic acids is 2. The highest BCUT2D eigenvalue weighted by Crippen LogP contribution is 2.69. The molecule has 4 fully saturated rings. The van der Waals surface area contributed by atoms with E-state index in [1.165, 1.54) is 7.11 Å². The zero-order chi connectivity index (χ0) is 23.4. The summed E-state index contributed by atoms with van der Waals surface area (Å²) in [6.45, 7) is 9.05. The van der Waals surface area contributed by atoms with Gasteiger partial charge in [-0.1, -0.05) is 34.1 Å². The molecule has 0 amide bonds. The highest BCUT2D eigenvalue weighted by atomic mass is 16.5. The molecule has 5 nitrogen and oxygen atoms in total. The summed E-state index contributed by atoms with van der Waals surface area (Å²) < 4.78 is 4.85. The lowest BCUT2D eigenvalue weighted by molar-refractivity contribution is -0.227. The van der Waals surface area contributed by atoms with E-state index in [9.17, 15) is 19.8 Å². The van der Waals surface area contributed by atoms with Crippen LogP contribution in [-0.2, 0) is 14.3 Å². The van der Waals surface area contributed by atoms with E-state index in [1.807, 2.05) is 0 Å². The molecule has 11 atom stereocenters. The number of Topliss-reactive ketones (excluding diaryl/α,β-unsaturated/α-hetero) is 1. The van der Waals surface area contributed by atoms with Gasteiger partial charge in [-0.25, -0.2) is 0 Å². The van der Waals surface area contributed by atoms with Crippen LogP contribution >= 0.6 is 0 Å². The molecule has 0 aromatic carbocycles. The van der Waals surface area contributed by atoms with Crippen molar-refractivity contribution in [1.29, 1.82) is 0 Å². The van der Waals surface area contributed by atoms with Crippen molar-refractivity contribution in [2.24, 2.45) is 52.3 Å². The number of rotatable bonds is 5. The Morgan fingerprint density at radius 2 is 1.91 bits per heavy atom. The Morgan fingerprint density at radius 1 is 1.19 bits per heavy atom.